The smallest absolute Gasteiger partial charge is 0.230 e. The van der Waals surface area contributed by atoms with Gasteiger partial charge in [-0.1, -0.05) is 54.2 Å². The molecule has 0 unspecified atom stereocenters. The fourth-order valence-corrected chi connectivity index (χ4v) is 4.22. The zero-order valence-electron chi connectivity index (χ0n) is 15.9. The van der Waals surface area contributed by atoms with Crippen LogP contribution < -0.4 is 5.32 Å². The van der Waals surface area contributed by atoms with Gasteiger partial charge in [0.25, 0.3) is 0 Å². The third kappa shape index (κ3) is 4.36. The average molecular weight is 397 g/mol. The minimum Gasteiger partial charge on any atom is -0.376 e. The van der Waals surface area contributed by atoms with E-state index in [0.29, 0.717) is 18.7 Å². The van der Waals surface area contributed by atoms with Crippen molar-refractivity contribution in [3.63, 3.8) is 0 Å². The van der Waals surface area contributed by atoms with Gasteiger partial charge in [-0.25, -0.2) is 0 Å². The van der Waals surface area contributed by atoms with Crippen LogP contribution in [-0.2, 0) is 23.0 Å². The van der Waals surface area contributed by atoms with E-state index in [9.17, 15) is 4.79 Å². The van der Waals surface area contributed by atoms with E-state index in [4.69, 9.17) is 4.74 Å². The third-order valence-electron chi connectivity index (χ3n) is 5.04. The van der Waals surface area contributed by atoms with Crippen LogP contribution in [0.5, 0.6) is 0 Å². The van der Waals surface area contributed by atoms with Crippen molar-refractivity contribution in [1.82, 2.24) is 20.1 Å². The van der Waals surface area contributed by atoms with Crippen LogP contribution in [0.2, 0.25) is 0 Å². The fourth-order valence-electron chi connectivity index (χ4n) is 3.46. The Bertz CT molecular complexity index is 961. The van der Waals surface area contributed by atoms with Crippen molar-refractivity contribution in [2.75, 3.05) is 18.9 Å². The maximum atomic E-state index is 12.1. The van der Waals surface area contributed by atoms with Gasteiger partial charge in [0.2, 0.25) is 5.91 Å². The molecule has 4 rings (SSSR count). The summed E-state index contributed by atoms with van der Waals surface area (Å²) >= 11 is 1.41. The molecule has 0 saturated carbocycles. The lowest BCUT2D eigenvalue weighted by atomic mass is 10.0. The number of rotatable bonds is 7. The molecule has 2 aromatic carbocycles. The van der Waals surface area contributed by atoms with Crippen molar-refractivity contribution in [2.45, 2.75) is 30.5 Å². The molecule has 1 atom stereocenters. The monoisotopic (exact) mass is 396 g/mol. The molecule has 0 spiro atoms. The van der Waals surface area contributed by atoms with Gasteiger partial charge in [-0.3, -0.25) is 4.79 Å². The number of hydrogen-bond donors (Lipinski definition) is 1. The predicted molar refractivity (Wildman–Crippen MR) is 110 cm³/mol. The molecule has 1 amide bonds. The number of aromatic nitrogens is 3. The second-order valence-electron chi connectivity index (χ2n) is 7.00. The summed E-state index contributed by atoms with van der Waals surface area (Å²) in [6.45, 7) is 1.39. The molecule has 0 radical (unpaired) electrons. The number of carbonyl (C=O) groups is 1. The molecular formula is C21H24N4O2S. The summed E-state index contributed by atoms with van der Waals surface area (Å²) in [5.41, 5.74) is 1.22. The first-order valence-electron chi connectivity index (χ1n) is 9.57. The predicted octanol–water partition coefficient (Wildman–Crippen LogP) is 2.95. The second kappa shape index (κ2) is 8.75. The van der Waals surface area contributed by atoms with Gasteiger partial charge in [-0.15, -0.1) is 10.2 Å². The largest absolute Gasteiger partial charge is 0.376 e. The van der Waals surface area contributed by atoms with Crippen LogP contribution in [0.15, 0.2) is 47.6 Å². The number of carbonyl (C=O) groups excluding carboxylic acids is 1. The minimum absolute atomic E-state index is 0.000830. The van der Waals surface area contributed by atoms with E-state index in [0.717, 1.165) is 30.4 Å². The van der Waals surface area contributed by atoms with Crippen LogP contribution in [0.1, 0.15) is 24.2 Å². The number of hydrogen-bond acceptors (Lipinski definition) is 5. The van der Waals surface area contributed by atoms with Gasteiger partial charge in [-0.05, 0) is 29.2 Å². The van der Waals surface area contributed by atoms with E-state index in [1.807, 2.05) is 17.7 Å². The van der Waals surface area contributed by atoms with E-state index in [-0.39, 0.29) is 12.0 Å². The number of fused-ring (bicyclic) bond motifs is 1. The van der Waals surface area contributed by atoms with E-state index in [1.165, 1.54) is 28.1 Å². The van der Waals surface area contributed by atoms with Gasteiger partial charge in [0, 0.05) is 26.6 Å². The van der Waals surface area contributed by atoms with Gasteiger partial charge >= 0.3 is 0 Å². The summed E-state index contributed by atoms with van der Waals surface area (Å²) in [6.07, 6.45) is 2.97. The molecule has 6 nitrogen and oxygen atoms in total. The Morgan fingerprint density at radius 3 is 2.96 bits per heavy atom. The summed E-state index contributed by atoms with van der Waals surface area (Å²) < 4.78 is 7.50. The molecule has 0 aliphatic carbocycles. The Balaban J connectivity index is 1.36. The first kappa shape index (κ1) is 19.0. The molecule has 2 heterocycles. The molecule has 0 bridgehead atoms. The Hall–Kier alpha value is -2.38. The molecule has 1 aliphatic heterocycles. The molecule has 1 N–H and O–H groups in total. The van der Waals surface area contributed by atoms with Crippen molar-refractivity contribution in [3.8, 4) is 0 Å². The van der Waals surface area contributed by atoms with Crippen LogP contribution >= 0.6 is 11.8 Å². The lowest BCUT2D eigenvalue weighted by Gasteiger charge is -2.10. The number of thioether (sulfide) groups is 1. The van der Waals surface area contributed by atoms with Crippen LogP contribution in [0.25, 0.3) is 10.8 Å². The topological polar surface area (TPSA) is 69.0 Å². The number of ether oxygens (including phenoxy) is 1. The van der Waals surface area contributed by atoms with Gasteiger partial charge in [-0.2, -0.15) is 0 Å². The van der Waals surface area contributed by atoms with Crippen molar-refractivity contribution in [1.29, 1.82) is 0 Å². The molecule has 3 aromatic rings. The van der Waals surface area contributed by atoms with Gasteiger partial charge in [0.15, 0.2) is 5.16 Å². The zero-order chi connectivity index (χ0) is 19.3. The molecule has 1 saturated heterocycles. The van der Waals surface area contributed by atoms with E-state index in [2.05, 4.69) is 51.9 Å². The summed E-state index contributed by atoms with van der Waals surface area (Å²) in [6, 6.07) is 14.7. The Morgan fingerprint density at radius 2 is 2.11 bits per heavy atom. The Labute approximate surface area is 168 Å². The van der Waals surface area contributed by atoms with E-state index in [1.54, 1.807) is 0 Å². The average Bonchev–Trinajstić information content (AvgIpc) is 3.36. The lowest BCUT2D eigenvalue weighted by molar-refractivity contribution is -0.119. The van der Waals surface area contributed by atoms with E-state index >= 15 is 0 Å². The molecular weight excluding hydrogens is 372 g/mol. The van der Waals surface area contributed by atoms with Gasteiger partial charge < -0.3 is 14.6 Å². The maximum Gasteiger partial charge on any atom is 0.230 e. The standard InChI is InChI=1S/C21H24N4O2S/c1-25-19(12-16-8-4-7-15-6-2-3-10-18(15)16)23-24-21(25)28-14-20(26)22-13-17-9-5-11-27-17/h2-4,6-8,10,17H,5,9,11-14H2,1H3,(H,22,26)/t17-/m1/s1. The van der Waals surface area contributed by atoms with Crippen LogP contribution in [0.3, 0.4) is 0 Å². The highest BCUT2D eigenvalue weighted by Crippen LogP contribution is 2.22. The first-order valence-corrected chi connectivity index (χ1v) is 10.6. The molecule has 1 fully saturated rings. The molecule has 28 heavy (non-hydrogen) atoms. The first-order chi connectivity index (χ1) is 13.7. The fraction of sp³-hybridized carbons (Fsp3) is 0.381. The van der Waals surface area contributed by atoms with E-state index < -0.39 is 0 Å². The van der Waals surface area contributed by atoms with Crippen LogP contribution in [0.4, 0.5) is 0 Å². The molecule has 1 aliphatic rings. The Morgan fingerprint density at radius 1 is 1.25 bits per heavy atom. The highest BCUT2D eigenvalue weighted by Gasteiger charge is 2.17. The molecule has 7 heteroatoms. The lowest BCUT2D eigenvalue weighted by Crippen LogP contribution is -2.32. The number of benzene rings is 2. The van der Waals surface area contributed by atoms with Gasteiger partial charge in [0.1, 0.15) is 5.82 Å². The number of nitrogens with one attached hydrogen (secondary N) is 1. The highest BCUT2D eigenvalue weighted by atomic mass is 32.2. The van der Waals surface area contributed by atoms with Crippen LogP contribution in [-0.4, -0.2) is 45.7 Å². The normalized spacial score (nSPS) is 16.5. The SMILES string of the molecule is Cn1c(Cc2cccc3ccccc23)nnc1SCC(=O)NC[C@H]1CCCO1. The number of nitrogens with zero attached hydrogens (tertiary/aromatic N) is 3. The van der Waals surface area contributed by atoms with Crippen molar-refractivity contribution < 1.29 is 9.53 Å². The quantitative estimate of drug-likeness (QED) is 0.622. The third-order valence-corrected chi connectivity index (χ3v) is 6.06. The van der Waals surface area contributed by atoms with Gasteiger partial charge in [0.05, 0.1) is 11.9 Å². The second-order valence-corrected chi connectivity index (χ2v) is 7.94. The van der Waals surface area contributed by atoms with Crippen LogP contribution in [0, 0.1) is 0 Å². The zero-order valence-corrected chi connectivity index (χ0v) is 16.7. The summed E-state index contributed by atoms with van der Waals surface area (Å²) in [5.74, 6) is 1.21. The number of amides is 1. The highest BCUT2D eigenvalue weighted by molar-refractivity contribution is 7.99. The summed E-state index contributed by atoms with van der Waals surface area (Å²) in [4.78, 5) is 12.1. The Kier molecular flexibility index (Phi) is 5.92. The molecule has 1 aromatic heterocycles. The van der Waals surface area contributed by atoms with Crippen molar-refractivity contribution in [2.24, 2.45) is 7.05 Å². The summed E-state index contributed by atoms with van der Waals surface area (Å²) in [7, 11) is 1.95. The maximum absolute atomic E-state index is 12.1. The van der Waals surface area contributed by atoms with Crippen molar-refractivity contribution >= 4 is 28.4 Å². The van der Waals surface area contributed by atoms with Crippen molar-refractivity contribution in [3.05, 3.63) is 53.9 Å². The summed E-state index contributed by atoms with van der Waals surface area (Å²) in [5, 5.41) is 14.8. The minimum atomic E-state index is -0.000830. The molecule has 146 valence electrons.